The number of fused-ring (bicyclic) bond motifs is 1. The van der Waals surface area contributed by atoms with E-state index in [9.17, 15) is 4.79 Å². The van der Waals surface area contributed by atoms with E-state index < -0.39 is 0 Å². The molecule has 3 heteroatoms. The largest absolute Gasteiger partial charge is 0.396 e. The number of nitrogens with one attached hydrogen (secondary N) is 1. The second kappa shape index (κ2) is 3.66. The Labute approximate surface area is 78.5 Å². The summed E-state index contributed by atoms with van der Waals surface area (Å²) in [6.45, 7) is 0.795. The molecular formula is C10H17NO2. The summed E-state index contributed by atoms with van der Waals surface area (Å²) in [6.07, 6.45) is 4.50. The third-order valence-corrected chi connectivity index (χ3v) is 3.34. The molecule has 74 valence electrons. The van der Waals surface area contributed by atoms with Crippen LogP contribution in [-0.2, 0) is 4.79 Å². The van der Waals surface area contributed by atoms with Crippen LogP contribution in [0.25, 0.3) is 0 Å². The number of hydrogen-bond acceptors (Lipinski definition) is 2. The Balaban J connectivity index is 1.68. The van der Waals surface area contributed by atoms with E-state index in [0.29, 0.717) is 30.7 Å². The summed E-state index contributed by atoms with van der Waals surface area (Å²) in [7, 11) is 0. The zero-order valence-corrected chi connectivity index (χ0v) is 7.83. The molecule has 2 rings (SSSR count). The molecule has 13 heavy (non-hydrogen) atoms. The highest BCUT2D eigenvalue weighted by Gasteiger charge is 2.56. The molecule has 0 saturated heterocycles. The summed E-state index contributed by atoms with van der Waals surface area (Å²) < 4.78 is 0. The van der Waals surface area contributed by atoms with Crippen LogP contribution in [0.3, 0.4) is 0 Å². The fraction of sp³-hybridized carbons (Fsp3) is 0.900. The van der Waals surface area contributed by atoms with Gasteiger partial charge in [-0.05, 0) is 31.1 Å². The summed E-state index contributed by atoms with van der Waals surface area (Å²) in [5.41, 5.74) is 0. The quantitative estimate of drug-likeness (QED) is 0.625. The first kappa shape index (κ1) is 9.00. The van der Waals surface area contributed by atoms with E-state index in [1.165, 1.54) is 19.3 Å². The molecule has 2 fully saturated rings. The van der Waals surface area contributed by atoms with E-state index in [0.717, 1.165) is 0 Å². The van der Waals surface area contributed by atoms with E-state index in [2.05, 4.69) is 5.32 Å². The maximum atomic E-state index is 11.5. The minimum Gasteiger partial charge on any atom is -0.396 e. The summed E-state index contributed by atoms with van der Waals surface area (Å²) in [5.74, 6) is 1.96. The van der Waals surface area contributed by atoms with Crippen molar-refractivity contribution < 1.29 is 9.90 Å². The number of carbonyl (C=O) groups excluding carboxylic acids is 1. The Morgan fingerprint density at radius 2 is 2.08 bits per heavy atom. The number of carbonyl (C=O) groups is 1. The van der Waals surface area contributed by atoms with Gasteiger partial charge in [0.05, 0.1) is 0 Å². The monoisotopic (exact) mass is 183 g/mol. The van der Waals surface area contributed by atoms with Gasteiger partial charge in [0.2, 0.25) is 5.91 Å². The van der Waals surface area contributed by atoms with Crippen LogP contribution in [0.1, 0.15) is 25.7 Å². The second-order valence-electron chi connectivity index (χ2n) is 4.15. The second-order valence-corrected chi connectivity index (χ2v) is 4.15. The number of amides is 1. The van der Waals surface area contributed by atoms with Crippen LogP contribution in [0, 0.1) is 17.8 Å². The average molecular weight is 183 g/mol. The highest BCUT2D eigenvalue weighted by Crippen LogP contribution is 2.57. The maximum absolute atomic E-state index is 11.5. The van der Waals surface area contributed by atoms with Gasteiger partial charge >= 0.3 is 0 Å². The van der Waals surface area contributed by atoms with E-state index in [1.807, 2.05) is 0 Å². The molecule has 0 bridgehead atoms. The van der Waals surface area contributed by atoms with Gasteiger partial charge in [-0.2, -0.15) is 0 Å². The lowest BCUT2D eigenvalue weighted by atomic mass is 10.1. The lowest BCUT2D eigenvalue weighted by Gasteiger charge is -2.04. The highest BCUT2D eigenvalue weighted by atomic mass is 16.3. The molecule has 2 atom stereocenters. The Hall–Kier alpha value is -0.570. The first-order valence-electron chi connectivity index (χ1n) is 5.23. The zero-order chi connectivity index (χ0) is 9.26. The summed E-state index contributed by atoms with van der Waals surface area (Å²) in [5, 5.41) is 11.4. The van der Waals surface area contributed by atoms with Gasteiger partial charge in [0.15, 0.2) is 0 Å². The van der Waals surface area contributed by atoms with Crippen molar-refractivity contribution in [1.82, 2.24) is 5.32 Å². The molecule has 0 aromatic rings. The van der Waals surface area contributed by atoms with Crippen LogP contribution in [0.2, 0.25) is 0 Å². The molecule has 2 aliphatic carbocycles. The molecule has 0 spiro atoms. The molecule has 3 nitrogen and oxygen atoms in total. The SMILES string of the molecule is O=C(NCCCO)C1C2CCCC21. The van der Waals surface area contributed by atoms with Crippen molar-refractivity contribution in [3.05, 3.63) is 0 Å². The predicted octanol–water partition coefficient (Wildman–Crippen LogP) is 0.531. The van der Waals surface area contributed by atoms with Crippen LogP contribution >= 0.6 is 0 Å². The van der Waals surface area contributed by atoms with E-state index in [1.54, 1.807) is 0 Å². The summed E-state index contributed by atoms with van der Waals surface area (Å²) in [4.78, 5) is 11.5. The van der Waals surface area contributed by atoms with Crippen LogP contribution < -0.4 is 5.32 Å². The maximum Gasteiger partial charge on any atom is 0.223 e. The first-order valence-corrected chi connectivity index (χ1v) is 5.23. The van der Waals surface area contributed by atoms with Crippen LogP contribution in [-0.4, -0.2) is 24.2 Å². The van der Waals surface area contributed by atoms with Gasteiger partial charge in [0, 0.05) is 19.1 Å². The van der Waals surface area contributed by atoms with Gasteiger partial charge in [0.25, 0.3) is 0 Å². The molecular weight excluding hydrogens is 166 g/mol. The van der Waals surface area contributed by atoms with Crippen LogP contribution in [0.4, 0.5) is 0 Å². The van der Waals surface area contributed by atoms with E-state index in [4.69, 9.17) is 5.11 Å². The predicted molar refractivity (Wildman–Crippen MR) is 49.0 cm³/mol. The highest BCUT2D eigenvalue weighted by molar-refractivity contribution is 5.82. The van der Waals surface area contributed by atoms with Crippen molar-refractivity contribution >= 4 is 5.91 Å². The van der Waals surface area contributed by atoms with Crippen molar-refractivity contribution in [3.8, 4) is 0 Å². The van der Waals surface area contributed by atoms with E-state index >= 15 is 0 Å². The van der Waals surface area contributed by atoms with Crippen molar-refractivity contribution in [2.24, 2.45) is 17.8 Å². The summed E-state index contributed by atoms with van der Waals surface area (Å²) >= 11 is 0. The van der Waals surface area contributed by atoms with Crippen LogP contribution in [0.5, 0.6) is 0 Å². The molecule has 0 aromatic carbocycles. The van der Waals surface area contributed by atoms with Crippen LogP contribution in [0.15, 0.2) is 0 Å². The third-order valence-electron chi connectivity index (χ3n) is 3.34. The third kappa shape index (κ3) is 1.70. The fourth-order valence-electron chi connectivity index (χ4n) is 2.62. The topological polar surface area (TPSA) is 49.3 Å². The van der Waals surface area contributed by atoms with Gasteiger partial charge in [0.1, 0.15) is 0 Å². The lowest BCUT2D eigenvalue weighted by molar-refractivity contribution is -0.123. The Morgan fingerprint density at radius 3 is 2.69 bits per heavy atom. The van der Waals surface area contributed by atoms with Gasteiger partial charge in [-0.25, -0.2) is 0 Å². The number of hydrogen-bond donors (Lipinski definition) is 2. The molecule has 0 radical (unpaired) electrons. The van der Waals surface area contributed by atoms with E-state index in [-0.39, 0.29) is 12.5 Å². The standard InChI is InChI=1S/C10H17NO2/c12-6-2-5-11-10(13)9-7-3-1-4-8(7)9/h7-9,12H,1-6H2,(H,11,13). The van der Waals surface area contributed by atoms with Gasteiger partial charge in [-0.1, -0.05) is 6.42 Å². The average Bonchev–Trinajstić information content (AvgIpc) is 2.61. The molecule has 2 unspecified atom stereocenters. The smallest absolute Gasteiger partial charge is 0.223 e. The Bertz CT molecular complexity index is 195. The molecule has 1 amide bonds. The normalized spacial score (nSPS) is 35.6. The molecule has 2 aliphatic rings. The van der Waals surface area contributed by atoms with Gasteiger partial charge in [-0.15, -0.1) is 0 Å². The first-order chi connectivity index (χ1) is 6.34. The minimum absolute atomic E-state index is 0.164. The van der Waals surface area contributed by atoms with Crippen molar-refractivity contribution in [2.75, 3.05) is 13.2 Å². The summed E-state index contributed by atoms with van der Waals surface area (Å²) in [6, 6.07) is 0. The molecule has 2 N–H and O–H groups in total. The number of aliphatic hydroxyl groups is 1. The molecule has 0 aliphatic heterocycles. The zero-order valence-electron chi connectivity index (χ0n) is 7.83. The molecule has 2 saturated carbocycles. The van der Waals surface area contributed by atoms with Gasteiger partial charge in [-0.3, -0.25) is 4.79 Å². The number of rotatable bonds is 4. The van der Waals surface area contributed by atoms with Crippen molar-refractivity contribution in [1.29, 1.82) is 0 Å². The lowest BCUT2D eigenvalue weighted by Crippen LogP contribution is -2.28. The number of aliphatic hydroxyl groups excluding tert-OH is 1. The fourth-order valence-corrected chi connectivity index (χ4v) is 2.62. The Morgan fingerprint density at radius 1 is 1.38 bits per heavy atom. The van der Waals surface area contributed by atoms with Crippen molar-refractivity contribution in [3.63, 3.8) is 0 Å². The molecule has 0 aromatic heterocycles. The van der Waals surface area contributed by atoms with Gasteiger partial charge < -0.3 is 10.4 Å². The molecule has 0 heterocycles. The van der Waals surface area contributed by atoms with Crippen molar-refractivity contribution in [2.45, 2.75) is 25.7 Å². The Kier molecular flexibility index (Phi) is 2.54. The minimum atomic E-state index is 0.164.